The van der Waals surface area contributed by atoms with Gasteiger partial charge in [0, 0.05) is 0 Å². The average molecular weight is 210 g/mol. The van der Waals surface area contributed by atoms with Gasteiger partial charge in [-0.1, -0.05) is 0 Å². The highest BCUT2D eigenvalue weighted by molar-refractivity contribution is 5.75. The van der Waals surface area contributed by atoms with Crippen LogP contribution in [-0.4, -0.2) is 69.6 Å². The lowest BCUT2D eigenvalue weighted by Gasteiger charge is -2.23. The van der Waals surface area contributed by atoms with Gasteiger partial charge in [-0.05, 0) is 0 Å². The molecule has 0 aromatic carbocycles. The third-order valence-corrected chi connectivity index (χ3v) is 1.70. The van der Waals surface area contributed by atoms with E-state index in [0.717, 1.165) is 7.11 Å². The number of aliphatic hydroxyl groups excluding tert-OH is 5. The predicted octanol–water partition coefficient (Wildman–Crippen LogP) is -3.40. The number of aliphatic hydroxyl groups is 5. The first-order valence-corrected chi connectivity index (χ1v) is 3.86. The van der Waals surface area contributed by atoms with Gasteiger partial charge < -0.3 is 30.3 Å². The van der Waals surface area contributed by atoms with Crippen molar-refractivity contribution < 1.29 is 35.1 Å². The Bertz CT molecular complexity index is 183. The first-order valence-electron chi connectivity index (χ1n) is 3.86. The van der Waals surface area contributed by atoms with Crippen molar-refractivity contribution in [2.24, 2.45) is 0 Å². The zero-order valence-electron chi connectivity index (χ0n) is 7.57. The highest BCUT2D eigenvalue weighted by Crippen LogP contribution is 2.05. The van der Waals surface area contributed by atoms with Gasteiger partial charge in [0.25, 0.3) is 0 Å². The molecule has 0 aromatic heterocycles. The van der Waals surface area contributed by atoms with Crippen LogP contribution < -0.4 is 0 Å². The fourth-order valence-corrected chi connectivity index (χ4v) is 0.783. The van der Waals surface area contributed by atoms with Gasteiger partial charge in [0.15, 0.2) is 6.10 Å². The molecule has 0 saturated heterocycles. The van der Waals surface area contributed by atoms with Gasteiger partial charge in [-0.3, -0.25) is 0 Å². The topological polar surface area (TPSA) is 127 Å². The van der Waals surface area contributed by atoms with Crippen LogP contribution in [0.25, 0.3) is 0 Å². The molecule has 0 bridgehead atoms. The second-order valence-electron chi connectivity index (χ2n) is 2.70. The van der Waals surface area contributed by atoms with Crippen LogP contribution in [0.5, 0.6) is 0 Å². The summed E-state index contributed by atoms with van der Waals surface area (Å²) in [4.78, 5) is 10.7. The number of rotatable bonds is 5. The summed E-state index contributed by atoms with van der Waals surface area (Å²) in [6.45, 7) is -0.799. The highest BCUT2D eigenvalue weighted by Gasteiger charge is 2.34. The third-order valence-electron chi connectivity index (χ3n) is 1.70. The fraction of sp³-hybridized carbons (Fsp3) is 0.857. The van der Waals surface area contributed by atoms with E-state index >= 15 is 0 Å². The first kappa shape index (κ1) is 13.3. The Labute approximate surface area is 80.2 Å². The molecule has 0 heterocycles. The number of hydrogen-bond donors (Lipinski definition) is 5. The largest absolute Gasteiger partial charge is 0.467 e. The fourth-order valence-electron chi connectivity index (χ4n) is 0.783. The molecular formula is C7H14O7. The summed E-state index contributed by atoms with van der Waals surface area (Å²) in [7, 11) is 0.993. The molecule has 0 fully saturated rings. The van der Waals surface area contributed by atoms with Crippen molar-refractivity contribution in [2.45, 2.75) is 24.4 Å². The molecule has 0 aromatic rings. The van der Waals surface area contributed by atoms with Crippen LogP contribution >= 0.6 is 0 Å². The lowest BCUT2D eigenvalue weighted by atomic mass is 10.0. The van der Waals surface area contributed by atoms with Gasteiger partial charge in [-0.2, -0.15) is 0 Å². The summed E-state index contributed by atoms with van der Waals surface area (Å²) in [5, 5.41) is 44.5. The number of ether oxygens (including phenoxy) is 1. The summed E-state index contributed by atoms with van der Waals surface area (Å²) >= 11 is 0. The molecule has 0 aliphatic rings. The molecule has 14 heavy (non-hydrogen) atoms. The molecule has 7 nitrogen and oxygen atoms in total. The number of esters is 1. The monoisotopic (exact) mass is 210 g/mol. The van der Waals surface area contributed by atoms with Gasteiger partial charge in [0.2, 0.25) is 0 Å². The standard InChI is InChI=1S/C7H14O7/c1-14-7(13)6(12)5(11)4(10)3(9)2-8/h3-6,8-12H,2H2,1H3/t3-,4-,5+,6-/m1/s1. The van der Waals surface area contributed by atoms with Crippen LogP contribution in [0.2, 0.25) is 0 Å². The van der Waals surface area contributed by atoms with Crippen molar-refractivity contribution in [3.05, 3.63) is 0 Å². The van der Waals surface area contributed by atoms with Gasteiger partial charge in [-0.25, -0.2) is 4.79 Å². The Kier molecular flexibility index (Phi) is 5.58. The molecule has 4 atom stereocenters. The summed E-state index contributed by atoms with van der Waals surface area (Å²) < 4.78 is 4.09. The minimum atomic E-state index is -1.96. The highest BCUT2D eigenvalue weighted by atomic mass is 16.5. The quantitative estimate of drug-likeness (QED) is 0.299. The molecule has 0 spiro atoms. The maximum Gasteiger partial charge on any atom is 0.337 e. The van der Waals surface area contributed by atoms with E-state index in [1.54, 1.807) is 0 Å². The number of carbonyl (C=O) groups is 1. The summed E-state index contributed by atoms with van der Waals surface area (Å²) in [6, 6.07) is 0. The Morgan fingerprint density at radius 2 is 1.71 bits per heavy atom. The molecule has 0 amide bonds. The molecule has 0 unspecified atom stereocenters. The Balaban J connectivity index is 4.30. The van der Waals surface area contributed by atoms with Crippen molar-refractivity contribution in [1.29, 1.82) is 0 Å². The molecular weight excluding hydrogens is 196 g/mol. The smallest absolute Gasteiger partial charge is 0.337 e. The second-order valence-corrected chi connectivity index (χ2v) is 2.70. The zero-order chi connectivity index (χ0) is 11.3. The Morgan fingerprint density at radius 1 is 1.21 bits per heavy atom. The summed E-state index contributed by atoms with van der Waals surface area (Å²) in [6.07, 6.45) is -7.33. The van der Waals surface area contributed by atoms with E-state index in [4.69, 9.17) is 25.5 Å². The maximum absolute atomic E-state index is 10.7. The normalized spacial score (nSPS) is 19.6. The third kappa shape index (κ3) is 3.20. The van der Waals surface area contributed by atoms with Crippen molar-refractivity contribution in [2.75, 3.05) is 13.7 Å². The van der Waals surface area contributed by atoms with Crippen LogP contribution in [0.3, 0.4) is 0 Å². The van der Waals surface area contributed by atoms with Crippen LogP contribution in [0.4, 0.5) is 0 Å². The van der Waals surface area contributed by atoms with Crippen LogP contribution in [-0.2, 0) is 9.53 Å². The Hall–Kier alpha value is -0.730. The predicted molar refractivity (Wildman–Crippen MR) is 43.1 cm³/mol. The Morgan fingerprint density at radius 3 is 2.07 bits per heavy atom. The van der Waals surface area contributed by atoms with E-state index < -0.39 is 37.0 Å². The first-order chi connectivity index (χ1) is 6.45. The minimum absolute atomic E-state index is 0.799. The summed E-state index contributed by atoms with van der Waals surface area (Å²) in [5.41, 5.74) is 0. The SMILES string of the molecule is COC(=O)[C@H](O)[C@@H](O)[C@H](O)[C@H](O)CO. The van der Waals surface area contributed by atoms with E-state index in [-0.39, 0.29) is 0 Å². The minimum Gasteiger partial charge on any atom is -0.467 e. The van der Waals surface area contributed by atoms with E-state index in [0.29, 0.717) is 0 Å². The molecule has 0 aliphatic heterocycles. The van der Waals surface area contributed by atoms with Crippen LogP contribution in [0.1, 0.15) is 0 Å². The van der Waals surface area contributed by atoms with E-state index in [2.05, 4.69) is 4.74 Å². The molecule has 0 saturated carbocycles. The maximum atomic E-state index is 10.7. The van der Waals surface area contributed by atoms with E-state index in [9.17, 15) is 4.79 Å². The lowest BCUT2D eigenvalue weighted by molar-refractivity contribution is -0.167. The van der Waals surface area contributed by atoms with E-state index in [1.807, 2.05) is 0 Å². The molecule has 0 rings (SSSR count). The van der Waals surface area contributed by atoms with Crippen molar-refractivity contribution in [3.8, 4) is 0 Å². The van der Waals surface area contributed by atoms with Gasteiger partial charge >= 0.3 is 5.97 Å². The van der Waals surface area contributed by atoms with Crippen molar-refractivity contribution in [1.82, 2.24) is 0 Å². The van der Waals surface area contributed by atoms with Gasteiger partial charge in [-0.15, -0.1) is 0 Å². The van der Waals surface area contributed by atoms with Crippen molar-refractivity contribution >= 4 is 5.97 Å². The van der Waals surface area contributed by atoms with Gasteiger partial charge in [0.1, 0.15) is 18.3 Å². The van der Waals surface area contributed by atoms with Crippen LogP contribution in [0.15, 0.2) is 0 Å². The number of methoxy groups -OCH3 is 1. The van der Waals surface area contributed by atoms with Gasteiger partial charge in [0.05, 0.1) is 13.7 Å². The average Bonchev–Trinajstić information content (AvgIpc) is 2.23. The molecule has 0 radical (unpaired) electrons. The summed E-state index contributed by atoms with van der Waals surface area (Å²) in [5.74, 6) is -1.14. The van der Waals surface area contributed by atoms with E-state index in [1.165, 1.54) is 0 Å². The van der Waals surface area contributed by atoms with Crippen molar-refractivity contribution in [3.63, 3.8) is 0 Å². The molecule has 0 aliphatic carbocycles. The number of hydrogen-bond acceptors (Lipinski definition) is 7. The second kappa shape index (κ2) is 5.89. The lowest BCUT2D eigenvalue weighted by Crippen LogP contribution is -2.48. The zero-order valence-corrected chi connectivity index (χ0v) is 7.57. The molecule has 7 heteroatoms. The number of carbonyl (C=O) groups excluding carboxylic acids is 1. The molecule has 5 N–H and O–H groups in total. The molecule has 84 valence electrons. The van der Waals surface area contributed by atoms with Crippen LogP contribution in [0, 0.1) is 0 Å².